The van der Waals surface area contributed by atoms with Crippen LogP contribution in [0.1, 0.15) is 31.2 Å². The monoisotopic (exact) mass is 314 g/mol. The Labute approximate surface area is 140 Å². The Morgan fingerprint density at radius 3 is 2.74 bits per heavy atom. The molecule has 4 nitrogen and oxygen atoms in total. The van der Waals surface area contributed by atoms with Crippen molar-refractivity contribution in [3.8, 4) is 0 Å². The fourth-order valence-electron chi connectivity index (χ4n) is 3.43. The minimum absolute atomic E-state index is 0.639. The number of likely N-dealkylation sites (tertiary alicyclic amines) is 1. The number of hydrogen-bond donors (Lipinski definition) is 2. The molecule has 0 spiro atoms. The van der Waals surface area contributed by atoms with Gasteiger partial charge in [0.15, 0.2) is 5.96 Å². The molecule has 1 unspecified atom stereocenters. The molecule has 3 N–H and O–H groups in total. The lowest BCUT2D eigenvalue weighted by atomic mass is 9.85. The summed E-state index contributed by atoms with van der Waals surface area (Å²) in [7, 11) is 0. The lowest BCUT2D eigenvalue weighted by Gasteiger charge is -2.25. The third-order valence-corrected chi connectivity index (χ3v) is 5.25. The molecule has 1 aliphatic heterocycles. The molecule has 1 saturated carbocycles. The number of benzene rings is 1. The van der Waals surface area contributed by atoms with E-state index in [1.807, 2.05) is 0 Å². The summed E-state index contributed by atoms with van der Waals surface area (Å²) >= 11 is 0. The van der Waals surface area contributed by atoms with Gasteiger partial charge < -0.3 is 16.0 Å². The fraction of sp³-hybridized carbons (Fsp3) is 0.632. The van der Waals surface area contributed by atoms with Crippen LogP contribution in [0.2, 0.25) is 0 Å². The number of aliphatic imine (C=N–C) groups is 1. The van der Waals surface area contributed by atoms with E-state index in [-0.39, 0.29) is 0 Å². The van der Waals surface area contributed by atoms with Gasteiger partial charge in [0.25, 0.3) is 0 Å². The summed E-state index contributed by atoms with van der Waals surface area (Å²) in [5.41, 5.74) is 7.40. The maximum Gasteiger partial charge on any atom is 0.188 e. The van der Waals surface area contributed by atoms with Crippen LogP contribution in [-0.2, 0) is 6.42 Å². The Kier molecular flexibility index (Phi) is 5.92. The van der Waals surface area contributed by atoms with E-state index in [2.05, 4.69) is 45.5 Å². The van der Waals surface area contributed by atoms with Crippen molar-refractivity contribution in [2.75, 3.05) is 32.7 Å². The number of nitrogens with two attached hydrogens (primary N) is 1. The van der Waals surface area contributed by atoms with Crippen molar-refractivity contribution in [1.82, 2.24) is 10.2 Å². The number of rotatable bonds is 7. The maximum absolute atomic E-state index is 5.97. The highest BCUT2D eigenvalue weighted by Crippen LogP contribution is 2.25. The zero-order valence-corrected chi connectivity index (χ0v) is 14.1. The molecule has 1 heterocycles. The molecule has 0 aromatic heterocycles. The summed E-state index contributed by atoms with van der Waals surface area (Å²) in [5, 5.41) is 3.28. The van der Waals surface area contributed by atoms with Crippen molar-refractivity contribution in [2.45, 2.75) is 32.1 Å². The van der Waals surface area contributed by atoms with Crippen LogP contribution < -0.4 is 11.1 Å². The summed E-state index contributed by atoms with van der Waals surface area (Å²) in [4.78, 5) is 7.11. The minimum atomic E-state index is 0.639. The summed E-state index contributed by atoms with van der Waals surface area (Å²) in [5.74, 6) is 2.12. The van der Waals surface area contributed by atoms with Gasteiger partial charge in [0, 0.05) is 26.2 Å². The molecule has 4 heteroatoms. The van der Waals surface area contributed by atoms with Crippen LogP contribution in [0.25, 0.3) is 0 Å². The normalized spacial score (nSPS) is 23.0. The van der Waals surface area contributed by atoms with Gasteiger partial charge in [-0.15, -0.1) is 0 Å². The number of nitrogens with one attached hydrogen (secondary N) is 1. The Bertz CT molecular complexity index is 495. The number of nitrogens with zero attached hydrogens (tertiary/aromatic N) is 2. The highest BCUT2D eigenvalue weighted by atomic mass is 15.2. The second-order valence-corrected chi connectivity index (χ2v) is 7.09. The molecule has 0 amide bonds. The van der Waals surface area contributed by atoms with Crippen molar-refractivity contribution < 1.29 is 0 Å². The average molecular weight is 314 g/mol. The van der Waals surface area contributed by atoms with Crippen LogP contribution in [0.15, 0.2) is 35.3 Å². The molecular weight excluding hydrogens is 284 g/mol. The van der Waals surface area contributed by atoms with E-state index in [0.29, 0.717) is 11.9 Å². The van der Waals surface area contributed by atoms with Crippen molar-refractivity contribution >= 4 is 5.96 Å². The zero-order chi connectivity index (χ0) is 15.9. The zero-order valence-electron chi connectivity index (χ0n) is 14.1. The first-order valence-electron chi connectivity index (χ1n) is 9.09. The van der Waals surface area contributed by atoms with Gasteiger partial charge in [-0.1, -0.05) is 36.8 Å². The summed E-state index contributed by atoms with van der Waals surface area (Å²) in [6.07, 6.45) is 6.46. The van der Waals surface area contributed by atoms with Gasteiger partial charge in [-0.3, -0.25) is 4.99 Å². The Hall–Kier alpha value is -1.55. The Balaban J connectivity index is 1.32. The van der Waals surface area contributed by atoms with Crippen LogP contribution >= 0.6 is 0 Å². The topological polar surface area (TPSA) is 53.6 Å². The van der Waals surface area contributed by atoms with E-state index in [4.69, 9.17) is 5.73 Å². The van der Waals surface area contributed by atoms with Crippen LogP contribution in [0.3, 0.4) is 0 Å². The lowest BCUT2D eigenvalue weighted by molar-refractivity contribution is 0.315. The Morgan fingerprint density at radius 2 is 2.00 bits per heavy atom. The second kappa shape index (κ2) is 8.34. The third kappa shape index (κ3) is 5.24. The summed E-state index contributed by atoms with van der Waals surface area (Å²) < 4.78 is 0. The molecule has 126 valence electrons. The van der Waals surface area contributed by atoms with E-state index in [9.17, 15) is 0 Å². The summed E-state index contributed by atoms with van der Waals surface area (Å²) in [6, 6.07) is 10.8. The van der Waals surface area contributed by atoms with Gasteiger partial charge in [0.1, 0.15) is 0 Å². The van der Waals surface area contributed by atoms with Gasteiger partial charge in [0.2, 0.25) is 0 Å². The highest BCUT2D eigenvalue weighted by molar-refractivity contribution is 5.77. The standard InChI is InChI=1S/C19H30N4/c20-19(21-13-17-7-4-8-17)22-14-18-10-12-23(15-18)11-9-16-5-2-1-3-6-16/h1-3,5-6,17-18H,4,7-15H2,(H3,20,21,22). The van der Waals surface area contributed by atoms with Gasteiger partial charge >= 0.3 is 0 Å². The van der Waals surface area contributed by atoms with Crippen LogP contribution in [0.5, 0.6) is 0 Å². The van der Waals surface area contributed by atoms with E-state index in [1.54, 1.807) is 0 Å². The van der Waals surface area contributed by atoms with E-state index < -0.39 is 0 Å². The minimum Gasteiger partial charge on any atom is -0.370 e. The molecule has 2 fully saturated rings. The van der Waals surface area contributed by atoms with E-state index in [1.165, 1.54) is 37.8 Å². The van der Waals surface area contributed by atoms with Crippen molar-refractivity contribution in [1.29, 1.82) is 0 Å². The van der Waals surface area contributed by atoms with Crippen molar-refractivity contribution in [3.05, 3.63) is 35.9 Å². The molecule has 2 aliphatic rings. The first kappa shape index (κ1) is 16.3. The molecule has 0 bridgehead atoms. The number of guanidine groups is 1. The van der Waals surface area contributed by atoms with Crippen molar-refractivity contribution in [3.63, 3.8) is 0 Å². The fourth-order valence-corrected chi connectivity index (χ4v) is 3.43. The van der Waals surface area contributed by atoms with Gasteiger partial charge in [-0.05, 0) is 49.6 Å². The SMILES string of the molecule is NC(=NCC1CCN(CCc2ccccc2)C1)NCC1CCC1. The molecule has 1 atom stereocenters. The average Bonchev–Trinajstić information content (AvgIpc) is 2.98. The van der Waals surface area contributed by atoms with Gasteiger partial charge in [0.05, 0.1) is 0 Å². The molecule has 1 saturated heterocycles. The number of hydrogen-bond acceptors (Lipinski definition) is 2. The van der Waals surface area contributed by atoms with E-state index >= 15 is 0 Å². The summed E-state index contributed by atoms with van der Waals surface area (Å²) in [6.45, 7) is 5.38. The molecule has 1 aliphatic carbocycles. The highest BCUT2D eigenvalue weighted by Gasteiger charge is 2.22. The smallest absolute Gasteiger partial charge is 0.188 e. The van der Waals surface area contributed by atoms with Gasteiger partial charge in [-0.25, -0.2) is 0 Å². The largest absolute Gasteiger partial charge is 0.370 e. The first-order chi connectivity index (χ1) is 11.3. The maximum atomic E-state index is 5.97. The molecule has 1 aromatic carbocycles. The van der Waals surface area contributed by atoms with Crippen LogP contribution in [-0.4, -0.2) is 43.6 Å². The predicted molar refractivity (Wildman–Crippen MR) is 96.5 cm³/mol. The Morgan fingerprint density at radius 1 is 1.17 bits per heavy atom. The van der Waals surface area contributed by atoms with Crippen LogP contribution in [0, 0.1) is 11.8 Å². The molecule has 23 heavy (non-hydrogen) atoms. The molecule has 0 radical (unpaired) electrons. The lowest BCUT2D eigenvalue weighted by Crippen LogP contribution is -2.37. The van der Waals surface area contributed by atoms with Crippen molar-refractivity contribution in [2.24, 2.45) is 22.6 Å². The quantitative estimate of drug-likeness (QED) is 0.599. The molecule has 3 rings (SSSR count). The van der Waals surface area contributed by atoms with Crippen LogP contribution in [0.4, 0.5) is 0 Å². The predicted octanol–water partition coefficient (Wildman–Crippen LogP) is 2.26. The molecular formula is C19H30N4. The second-order valence-electron chi connectivity index (χ2n) is 7.09. The third-order valence-electron chi connectivity index (χ3n) is 5.25. The van der Waals surface area contributed by atoms with Gasteiger partial charge in [-0.2, -0.15) is 0 Å². The molecule has 1 aromatic rings. The first-order valence-corrected chi connectivity index (χ1v) is 9.09. The van der Waals surface area contributed by atoms with E-state index in [0.717, 1.165) is 38.5 Å².